The number of aliphatic hydroxyl groups is 1. The van der Waals surface area contributed by atoms with Gasteiger partial charge in [-0.1, -0.05) is 47.7 Å². The summed E-state index contributed by atoms with van der Waals surface area (Å²) < 4.78 is 57.0. The maximum Gasteiger partial charge on any atom is 0.318 e. The monoisotopic (exact) mass is 456 g/mol. The standard InChI is InChI=1S/C20H24F4N6O2/c21-19(22,11-9-17-26-28-29-27-17)10-4-12-30-15(13-25-18(30)32)7-8-16(31)20(23,24)14-5-2-1-3-6-14/h1-3,5-8,15-16,31H,4,9-13H2,(H,25,32)(H,26,27,28,29)/b8-7+/t15-,16?/m0/s1. The molecule has 8 nitrogen and oxygen atoms in total. The number of hydrogen-bond acceptors (Lipinski definition) is 5. The third-order valence-corrected chi connectivity index (χ3v) is 5.21. The van der Waals surface area contributed by atoms with Gasteiger partial charge in [-0.05, 0) is 6.42 Å². The predicted molar refractivity (Wildman–Crippen MR) is 106 cm³/mol. The molecular weight excluding hydrogens is 432 g/mol. The van der Waals surface area contributed by atoms with Crippen LogP contribution in [0, 0.1) is 0 Å². The van der Waals surface area contributed by atoms with Crippen LogP contribution in [0.25, 0.3) is 0 Å². The number of carbonyl (C=O) groups is 1. The first-order valence-corrected chi connectivity index (χ1v) is 10.1. The Kier molecular flexibility index (Phi) is 7.44. The van der Waals surface area contributed by atoms with E-state index < -0.39 is 42.9 Å². The molecule has 12 heteroatoms. The summed E-state index contributed by atoms with van der Waals surface area (Å²) in [6.07, 6.45) is -0.801. The number of H-pyrrole nitrogens is 1. The van der Waals surface area contributed by atoms with Crippen LogP contribution in [0.3, 0.4) is 0 Å². The van der Waals surface area contributed by atoms with Crippen molar-refractivity contribution in [1.82, 2.24) is 30.8 Å². The first-order valence-electron chi connectivity index (χ1n) is 10.1. The fraction of sp³-hybridized carbons (Fsp3) is 0.500. The average molecular weight is 456 g/mol. The Morgan fingerprint density at radius 1 is 1.22 bits per heavy atom. The highest BCUT2D eigenvalue weighted by atomic mass is 19.3. The number of rotatable bonds is 11. The molecule has 2 heterocycles. The topological polar surface area (TPSA) is 107 Å². The number of nitrogens with one attached hydrogen (secondary N) is 2. The normalized spacial score (nSPS) is 18.3. The van der Waals surface area contributed by atoms with Crippen LogP contribution in [0.5, 0.6) is 0 Å². The van der Waals surface area contributed by atoms with Crippen molar-refractivity contribution in [2.24, 2.45) is 0 Å². The van der Waals surface area contributed by atoms with Gasteiger partial charge in [0.05, 0.1) is 6.04 Å². The van der Waals surface area contributed by atoms with Crippen LogP contribution in [0.15, 0.2) is 42.5 Å². The molecule has 2 aromatic rings. The average Bonchev–Trinajstić information content (AvgIpc) is 3.41. The van der Waals surface area contributed by atoms with Gasteiger partial charge in [0.25, 0.3) is 0 Å². The summed E-state index contributed by atoms with van der Waals surface area (Å²) >= 11 is 0. The molecular formula is C20H24F4N6O2. The third-order valence-electron chi connectivity index (χ3n) is 5.21. The zero-order valence-corrected chi connectivity index (χ0v) is 17.1. The number of alkyl halides is 4. The number of halogens is 4. The molecule has 1 fully saturated rings. The number of tetrazole rings is 1. The zero-order chi connectivity index (χ0) is 23.2. The second-order valence-electron chi connectivity index (χ2n) is 7.55. The highest BCUT2D eigenvalue weighted by molar-refractivity contribution is 5.77. The Balaban J connectivity index is 1.52. The van der Waals surface area contributed by atoms with Gasteiger partial charge in [-0.15, -0.1) is 10.2 Å². The summed E-state index contributed by atoms with van der Waals surface area (Å²) in [6, 6.07) is 5.80. The molecule has 1 unspecified atom stereocenters. The quantitative estimate of drug-likeness (QED) is 0.356. The molecule has 3 rings (SSSR count). The van der Waals surface area contributed by atoms with E-state index in [1.165, 1.54) is 35.2 Å². The van der Waals surface area contributed by atoms with E-state index in [0.717, 1.165) is 6.08 Å². The molecule has 2 amide bonds. The molecule has 1 aromatic carbocycles. The van der Waals surface area contributed by atoms with Gasteiger partial charge >= 0.3 is 12.0 Å². The van der Waals surface area contributed by atoms with E-state index >= 15 is 0 Å². The van der Waals surface area contributed by atoms with Crippen molar-refractivity contribution in [3.63, 3.8) is 0 Å². The predicted octanol–water partition coefficient (Wildman–Crippen LogP) is 2.65. The van der Waals surface area contributed by atoms with Crippen LogP contribution in [0.1, 0.15) is 30.7 Å². The molecule has 174 valence electrons. The first kappa shape index (κ1) is 23.6. The summed E-state index contributed by atoms with van der Waals surface area (Å²) in [5.41, 5.74) is -0.335. The minimum Gasteiger partial charge on any atom is -0.382 e. The lowest BCUT2D eigenvalue weighted by Crippen LogP contribution is -2.35. The van der Waals surface area contributed by atoms with Gasteiger partial charge in [-0.3, -0.25) is 0 Å². The number of aryl methyl sites for hydroxylation is 1. The van der Waals surface area contributed by atoms with E-state index in [4.69, 9.17) is 0 Å². The molecule has 0 radical (unpaired) electrons. The van der Waals surface area contributed by atoms with Crippen molar-refractivity contribution >= 4 is 6.03 Å². The second-order valence-corrected chi connectivity index (χ2v) is 7.55. The molecule has 1 saturated heterocycles. The minimum absolute atomic E-state index is 0.0136. The highest BCUT2D eigenvalue weighted by Gasteiger charge is 2.39. The van der Waals surface area contributed by atoms with Gasteiger partial charge < -0.3 is 15.3 Å². The lowest BCUT2D eigenvalue weighted by Gasteiger charge is -2.24. The zero-order valence-electron chi connectivity index (χ0n) is 17.1. The van der Waals surface area contributed by atoms with Gasteiger partial charge in [0.1, 0.15) is 6.10 Å². The Bertz CT molecular complexity index is 895. The summed E-state index contributed by atoms with van der Waals surface area (Å²) in [7, 11) is 0. The van der Waals surface area contributed by atoms with Crippen LogP contribution in [-0.2, 0) is 12.3 Å². The number of carbonyl (C=O) groups excluding carboxylic acids is 1. The van der Waals surface area contributed by atoms with Gasteiger partial charge in [0.2, 0.25) is 5.92 Å². The summed E-state index contributed by atoms with van der Waals surface area (Å²) in [5.74, 6) is -6.30. The van der Waals surface area contributed by atoms with E-state index in [9.17, 15) is 27.5 Å². The van der Waals surface area contributed by atoms with Gasteiger partial charge in [0.15, 0.2) is 5.82 Å². The van der Waals surface area contributed by atoms with Crippen LogP contribution >= 0.6 is 0 Å². The van der Waals surface area contributed by atoms with Gasteiger partial charge in [-0.25, -0.2) is 13.6 Å². The van der Waals surface area contributed by atoms with Crippen molar-refractivity contribution < 1.29 is 27.5 Å². The lowest BCUT2D eigenvalue weighted by molar-refractivity contribution is -0.0929. The number of aromatic amines is 1. The number of aromatic nitrogens is 4. The molecule has 2 atom stereocenters. The molecule has 0 aliphatic carbocycles. The summed E-state index contributed by atoms with van der Waals surface area (Å²) in [5, 5.41) is 25.3. The Labute approximate surface area is 181 Å². The van der Waals surface area contributed by atoms with Crippen LogP contribution in [0.4, 0.5) is 22.4 Å². The van der Waals surface area contributed by atoms with E-state index in [-0.39, 0.29) is 37.3 Å². The summed E-state index contributed by atoms with van der Waals surface area (Å²) in [6.45, 7) is 0.150. The Morgan fingerprint density at radius 2 is 1.97 bits per heavy atom. The maximum atomic E-state index is 14.4. The number of hydrogen-bond donors (Lipinski definition) is 3. The minimum atomic E-state index is -3.51. The van der Waals surface area contributed by atoms with Crippen LogP contribution in [-0.4, -0.2) is 67.8 Å². The number of nitrogens with zero attached hydrogens (tertiary/aromatic N) is 4. The lowest BCUT2D eigenvalue weighted by atomic mass is 10.0. The molecule has 1 aromatic heterocycles. The van der Waals surface area contributed by atoms with Crippen LogP contribution in [0.2, 0.25) is 0 Å². The molecule has 0 spiro atoms. The third kappa shape index (κ3) is 6.02. The van der Waals surface area contributed by atoms with Crippen molar-refractivity contribution in [2.45, 2.75) is 49.7 Å². The van der Waals surface area contributed by atoms with E-state index in [0.29, 0.717) is 0 Å². The van der Waals surface area contributed by atoms with Crippen molar-refractivity contribution in [3.8, 4) is 0 Å². The molecule has 0 saturated carbocycles. The van der Waals surface area contributed by atoms with E-state index in [2.05, 4.69) is 25.9 Å². The Morgan fingerprint density at radius 3 is 2.66 bits per heavy atom. The summed E-state index contributed by atoms with van der Waals surface area (Å²) in [4.78, 5) is 13.3. The SMILES string of the molecule is O=C1NC[C@H](/C=C/C(O)C(F)(F)c2ccccc2)N1CCCC(F)(F)CCc1nn[nH]n1. The Hall–Kier alpha value is -3.02. The number of aliphatic hydroxyl groups excluding tert-OH is 1. The molecule has 3 N–H and O–H groups in total. The number of amides is 2. The van der Waals surface area contributed by atoms with E-state index in [1.807, 2.05) is 0 Å². The van der Waals surface area contributed by atoms with E-state index in [1.54, 1.807) is 6.07 Å². The number of benzene rings is 1. The maximum absolute atomic E-state index is 14.4. The van der Waals surface area contributed by atoms with Gasteiger partial charge in [0, 0.05) is 37.9 Å². The van der Waals surface area contributed by atoms with Crippen molar-refractivity contribution in [1.29, 1.82) is 0 Å². The molecule has 1 aliphatic rings. The fourth-order valence-electron chi connectivity index (χ4n) is 3.40. The highest BCUT2D eigenvalue weighted by Crippen LogP contribution is 2.32. The van der Waals surface area contributed by atoms with Crippen molar-refractivity contribution in [3.05, 3.63) is 53.9 Å². The van der Waals surface area contributed by atoms with Crippen molar-refractivity contribution in [2.75, 3.05) is 13.1 Å². The molecule has 32 heavy (non-hydrogen) atoms. The molecule has 1 aliphatic heterocycles. The second kappa shape index (κ2) is 10.1. The largest absolute Gasteiger partial charge is 0.382 e. The number of urea groups is 1. The molecule has 0 bridgehead atoms. The smallest absolute Gasteiger partial charge is 0.318 e. The van der Waals surface area contributed by atoms with Crippen LogP contribution < -0.4 is 5.32 Å². The first-order chi connectivity index (χ1) is 15.2. The fourth-order valence-corrected chi connectivity index (χ4v) is 3.40. The van der Waals surface area contributed by atoms with Gasteiger partial charge in [-0.2, -0.15) is 14.0 Å².